The fraction of sp³-hybridized carbons (Fsp3) is 0.500. The Morgan fingerprint density at radius 1 is 1.42 bits per heavy atom. The van der Waals surface area contributed by atoms with E-state index in [0.717, 1.165) is 5.69 Å². The standard InChI is InChI=1S/C10H15NO/c1-7(2)9-5-6-10(8(3)12)11(9)4/h5-7H,1-4H3. The molecule has 0 bridgehead atoms. The summed E-state index contributed by atoms with van der Waals surface area (Å²) in [6, 6.07) is 3.90. The lowest BCUT2D eigenvalue weighted by atomic mass is 10.1. The van der Waals surface area contributed by atoms with Crippen LogP contribution >= 0.6 is 0 Å². The molecule has 0 spiro atoms. The lowest BCUT2D eigenvalue weighted by Gasteiger charge is -2.08. The van der Waals surface area contributed by atoms with Crippen LogP contribution in [0.2, 0.25) is 0 Å². The minimum Gasteiger partial charge on any atom is -0.345 e. The molecule has 0 fully saturated rings. The second-order valence-corrected chi connectivity index (χ2v) is 3.41. The van der Waals surface area contributed by atoms with Gasteiger partial charge in [-0.3, -0.25) is 4.79 Å². The number of carbonyl (C=O) groups is 1. The third-order valence-electron chi connectivity index (χ3n) is 2.11. The Balaban J connectivity index is 3.13. The largest absolute Gasteiger partial charge is 0.345 e. The van der Waals surface area contributed by atoms with Gasteiger partial charge in [-0.25, -0.2) is 0 Å². The van der Waals surface area contributed by atoms with Crippen LogP contribution in [0.5, 0.6) is 0 Å². The van der Waals surface area contributed by atoms with E-state index >= 15 is 0 Å². The molecule has 0 atom stereocenters. The number of Topliss-reactive ketones (excluding diaryl/α,β-unsaturated/α-hetero) is 1. The molecule has 1 heterocycles. The zero-order valence-electron chi connectivity index (χ0n) is 8.09. The van der Waals surface area contributed by atoms with Crippen LogP contribution in [0.15, 0.2) is 12.1 Å². The van der Waals surface area contributed by atoms with E-state index in [1.54, 1.807) is 6.92 Å². The average Bonchev–Trinajstić information content (AvgIpc) is 2.30. The predicted molar refractivity (Wildman–Crippen MR) is 49.5 cm³/mol. The van der Waals surface area contributed by atoms with E-state index in [-0.39, 0.29) is 5.78 Å². The van der Waals surface area contributed by atoms with E-state index in [1.165, 1.54) is 5.69 Å². The highest BCUT2D eigenvalue weighted by Crippen LogP contribution is 2.16. The zero-order chi connectivity index (χ0) is 9.30. The molecule has 66 valence electrons. The molecule has 0 unspecified atom stereocenters. The summed E-state index contributed by atoms with van der Waals surface area (Å²) in [6.45, 7) is 5.85. The van der Waals surface area contributed by atoms with Gasteiger partial charge in [-0.1, -0.05) is 13.8 Å². The van der Waals surface area contributed by atoms with E-state index in [1.807, 2.05) is 23.7 Å². The molecule has 0 radical (unpaired) electrons. The van der Waals surface area contributed by atoms with Gasteiger partial charge in [-0.15, -0.1) is 0 Å². The van der Waals surface area contributed by atoms with Gasteiger partial charge in [0.2, 0.25) is 0 Å². The molecular weight excluding hydrogens is 150 g/mol. The van der Waals surface area contributed by atoms with Crippen LogP contribution in [0.3, 0.4) is 0 Å². The van der Waals surface area contributed by atoms with E-state index in [2.05, 4.69) is 13.8 Å². The Hall–Kier alpha value is -1.05. The minimum atomic E-state index is 0.129. The molecule has 1 aromatic rings. The molecule has 2 heteroatoms. The third-order valence-corrected chi connectivity index (χ3v) is 2.11. The molecule has 0 aliphatic carbocycles. The normalized spacial score (nSPS) is 10.8. The van der Waals surface area contributed by atoms with Gasteiger partial charge >= 0.3 is 0 Å². The van der Waals surface area contributed by atoms with Crippen molar-refractivity contribution in [1.29, 1.82) is 0 Å². The van der Waals surface area contributed by atoms with Gasteiger partial charge in [0.25, 0.3) is 0 Å². The van der Waals surface area contributed by atoms with Crippen molar-refractivity contribution in [3.05, 3.63) is 23.5 Å². The number of ketones is 1. The van der Waals surface area contributed by atoms with Crippen LogP contribution in [0.25, 0.3) is 0 Å². The van der Waals surface area contributed by atoms with Gasteiger partial charge in [0, 0.05) is 19.7 Å². The summed E-state index contributed by atoms with van der Waals surface area (Å²) in [5.74, 6) is 0.604. The van der Waals surface area contributed by atoms with E-state index in [4.69, 9.17) is 0 Å². The lowest BCUT2D eigenvalue weighted by molar-refractivity contribution is 0.101. The molecule has 1 aromatic heterocycles. The maximum Gasteiger partial charge on any atom is 0.176 e. The summed E-state index contributed by atoms with van der Waals surface area (Å²) >= 11 is 0. The fourth-order valence-corrected chi connectivity index (χ4v) is 1.46. The number of hydrogen-bond acceptors (Lipinski definition) is 1. The first-order valence-corrected chi connectivity index (χ1v) is 4.20. The maximum absolute atomic E-state index is 11.1. The number of aromatic nitrogens is 1. The molecule has 1 rings (SSSR count). The average molecular weight is 165 g/mol. The number of rotatable bonds is 2. The van der Waals surface area contributed by atoms with Crippen molar-refractivity contribution in [2.75, 3.05) is 0 Å². The van der Waals surface area contributed by atoms with Crippen molar-refractivity contribution in [3.8, 4) is 0 Å². The Bertz CT molecular complexity index is 297. The van der Waals surface area contributed by atoms with Crippen LogP contribution in [0.4, 0.5) is 0 Å². The van der Waals surface area contributed by atoms with Crippen LogP contribution < -0.4 is 0 Å². The highest BCUT2D eigenvalue weighted by molar-refractivity contribution is 5.92. The quantitative estimate of drug-likeness (QED) is 0.616. The first kappa shape index (κ1) is 9.04. The van der Waals surface area contributed by atoms with Crippen molar-refractivity contribution in [1.82, 2.24) is 4.57 Å². The van der Waals surface area contributed by atoms with Crippen molar-refractivity contribution in [2.45, 2.75) is 26.7 Å². The molecule has 0 aromatic carbocycles. The monoisotopic (exact) mass is 165 g/mol. The summed E-state index contributed by atoms with van der Waals surface area (Å²) in [5, 5.41) is 0. The van der Waals surface area contributed by atoms with Gasteiger partial charge in [0.1, 0.15) is 0 Å². The molecule has 0 aliphatic heterocycles. The van der Waals surface area contributed by atoms with Gasteiger partial charge < -0.3 is 4.57 Å². The first-order valence-electron chi connectivity index (χ1n) is 4.20. The zero-order valence-corrected chi connectivity index (χ0v) is 8.09. The van der Waals surface area contributed by atoms with E-state index in [9.17, 15) is 4.79 Å². The maximum atomic E-state index is 11.1. The molecule has 0 aliphatic rings. The molecule has 0 saturated heterocycles. The first-order chi connectivity index (χ1) is 5.54. The topological polar surface area (TPSA) is 22.0 Å². The summed E-state index contributed by atoms with van der Waals surface area (Å²) in [6.07, 6.45) is 0. The Labute approximate surface area is 73.2 Å². The van der Waals surface area contributed by atoms with Crippen molar-refractivity contribution in [3.63, 3.8) is 0 Å². The van der Waals surface area contributed by atoms with E-state index in [0.29, 0.717) is 5.92 Å². The smallest absolute Gasteiger partial charge is 0.176 e. The van der Waals surface area contributed by atoms with Crippen molar-refractivity contribution >= 4 is 5.78 Å². The number of hydrogen-bond donors (Lipinski definition) is 0. The summed E-state index contributed by atoms with van der Waals surface area (Å²) in [4.78, 5) is 11.1. The van der Waals surface area contributed by atoms with E-state index < -0.39 is 0 Å². The highest BCUT2D eigenvalue weighted by Gasteiger charge is 2.09. The summed E-state index contributed by atoms with van der Waals surface area (Å²) in [7, 11) is 1.94. The van der Waals surface area contributed by atoms with Crippen LogP contribution in [0, 0.1) is 0 Å². The molecule has 12 heavy (non-hydrogen) atoms. The van der Waals surface area contributed by atoms with Gasteiger partial charge in [-0.05, 0) is 18.1 Å². The van der Waals surface area contributed by atoms with Crippen LogP contribution in [-0.4, -0.2) is 10.4 Å². The number of nitrogens with zero attached hydrogens (tertiary/aromatic N) is 1. The lowest BCUT2D eigenvalue weighted by Crippen LogP contribution is -2.05. The SMILES string of the molecule is CC(=O)c1ccc(C(C)C)n1C. The summed E-state index contributed by atoms with van der Waals surface area (Å²) in [5.41, 5.74) is 2.00. The third kappa shape index (κ3) is 1.42. The van der Waals surface area contributed by atoms with Gasteiger partial charge in [-0.2, -0.15) is 0 Å². The predicted octanol–water partition coefficient (Wildman–Crippen LogP) is 2.35. The van der Waals surface area contributed by atoms with Crippen molar-refractivity contribution < 1.29 is 4.79 Å². The van der Waals surface area contributed by atoms with Crippen LogP contribution in [0.1, 0.15) is 42.9 Å². The molecule has 0 saturated carbocycles. The summed E-state index contributed by atoms with van der Waals surface area (Å²) < 4.78 is 1.97. The molecule has 2 nitrogen and oxygen atoms in total. The second kappa shape index (κ2) is 3.13. The molecule has 0 amide bonds. The molecular formula is C10H15NO. The minimum absolute atomic E-state index is 0.129. The molecule has 0 N–H and O–H groups in total. The van der Waals surface area contributed by atoms with Gasteiger partial charge in [0.15, 0.2) is 5.78 Å². The Kier molecular flexibility index (Phi) is 2.36. The Morgan fingerprint density at radius 3 is 2.25 bits per heavy atom. The van der Waals surface area contributed by atoms with Crippen LogP contribution in [-0.2, 0) is 7.05 Å². The number of carbonyl (C=O) groups excluding carboxylic acids is 1. The Morgan fingerprint density at radius 2 is 2.00 bits per heavy atom. The fourth-order valence-electron chi connectivity index (χ4n) is 1.46. The van der Waals surface area contributed by atoms with Gasteiger partial charge in [0.05, 0.1) is 5.69 Å². The van der Waals surface area contributed by atoms with Crippen molar-refractivity contribution in [2.24, 2.45) is 7.05 Å². The second-order valence-electron chi connectivity index (χ2n) is 3.41. The highest BCUT2D eigenvalue weighted by atomic mass is 16.1.